The van der Waals surface area contributed by atoms with Gasteiger partial charge < -0.3 is 10.2 Å². The number of rotatable bonds is 3. The maximum absolute atomic E-state index is 9.42. The third-order valence-corrected chi connectivity index (χ3v) is 3.52. The first kappa shape index (κ1) is 12.5. The minimum atomic E-state index is 0.611. The van der Waals surface area contributed by atoms with Gasteiger partial charge in [-0.1, -0.05) is 53.7 Å². The number of aromatic amines is 1. The number of para-hydroxylation sites is 1. The van der Waals surface area contributed by atoms with Crippen molar-refractivity contribution in [2.45, 2.75) is 13.3 Å². The lowest BCUT2D eigenvalue weighted by Gasteiger charge is -2.05. The normalized spacial score (nSPS) is 11.9. The largest absolute Gasteiger partial charge is 0.411 e. The molecule has 0 saturated heterocycles. The van der Waals surface area contributed by atoms with Crippen LogP contribution < -0.4 is 0 Å². The average molecular weight is 264 g/mol. The maximum atomic E-state index is 9.42. The zero-order valence-electron chi connectivity index (χ0n) is 11.3. The highest BCUT2D eigenvalue weighted by atomic mass is 16.4. The van der Waals surface area contributed by atoms with Gasteiger partial charge in [0.15, 0.2) is 0 Å². The van der Waals surface area contributed by atoms with E-state index < -0.39 is 0 Å². The molecule has 3 aromatic rings. The van der Waals surface area contributed by atoms with Gasteiger partial charge in [0.2, 0.25) is 0 Å². The molecule has 0 aliphatic heterocycles. The zero-order valence-corrected chi connectivity index (χ0v) is 11.3. The van der Waals surface area contributed by atoms with E-state index in [-0.39, 0.29) is 0 Å². The molecule has 0 aliphatic rings. The van der Waals surface area contributed by atoms with Gasteiger partial charge in [-0.05, 0) is 18.6 Å². The van der Waals surface area contributed by atoms with E-state index in [0.717, 1.165) is 27.7 Å². The molecule has 0 amide bonds. The molecule has 0 spiro atoms. The first-order chi connectivity index (χ1) is 9.79. The number of hydrogen-bond donors (Lipinski definition) is 2. The monoisotopic (exact) mass is 264 g/mol. The summed E-state index contributed by atoms with van der Waals surface area (Å²) in [4.78, 5) is 3.34. The molecule has 3 nitrogen and oxygen atoms in total. The van der Waals surface area contributed by atoms with Crippen molar-refractivity contribution in [1.82, 2.24) is 4.98 Å². The minimum Gasteiger partial charge on any atom is -0.411 e. The fourth-order valence-electron chi connectivity index (χ4n) is 2.61. The SMILES string of the molecule is Cc1[nH]c2ccccc2c1/C(Cc1ccccc1)=N\O. The van der Waals surface area contributed by atoms with E-state index in [9.17, 15) is 5.21 Å². The number of oxime groups is 1. The van der Waals surface area contributed by atoms with Crippen LogP contribution in [0.4, 0.5) is 0 Å². The molecule has 1 aromatic heterocycles. The fraction of sp³-hybridized carbons (Fsp3) is 0.118. The quantitative estimate of drug-likeness (QED) is 0.421. The fourth-order valence-corrected chi connectivity index (χ4v) is 2.61. The Labute approximate surface area is 117 Å². The van der Waals surface area contributed by atoms with Gasteiger partial charge in [-0.25, -0.2) is 0 Å². The minimum absolute atomic E-state index is 0.611. The Morgan fingerprint density at radius 3 is 2.50 bits per heavy atom. The van der Waals surface area contributed by atoms with E-state index >= 15 is 0 Å². The molecule has 2 aromatic carbocycles. The van der Waals surface area contributed by atoms with Gasteiger partial charge in [-0.2, -0.15) is 0 Å². The van der Waals surface area contributed by atoms with Crippen LogP contribution in [0.3, 0.4) is 0 Å². The highest BCUT2D eigenvalue weighted by molar-refractivity contribution is 6.12. The second-order valence-corrected chi connectivity index (χ2v) is 4.88. The van der Waals surface area contributed by atoms with Gasteiger partial charge in [0.25, 0.3) is 0 Å². The molecule has 0 aliphatic carbocycles. The number of nitrogens with zero attached hydrogens (tertiary/aromatic N) is 1. The van der Waals surface area contributed by atoms with Crippen LogP contribution in [0.25, 0.3) is 10.9 Å². The summed E-state index contributed by atoms with van der Waals surface area (Å²) in [5.41, 5.74) is 4.90. The second-order valence-electron chi connectivity index (χ2n) is 4.88. The summed E-state index contributed by atoms with van der Waals surface area (Å²) in [5.74, 6) is 0. The predicted molar refractivity (Wildman–Crippen MR) is 81.5 cm³/mol. The zero-order chi connectivity index (χ0) is 13.9. The van der Waals surface area contributed by atoms with Crippen LogP contribution in [0.5, 0.6) is 0 Å². The molecule has 0 fully saturated rings. The van der Waals surface area contributed by atoms with Gasteiger partial charge in [0.05, 0.1) is 5.71 Å². The molecule has 100 valence electrons. The van der Waals surface area contributed by atoms with E-state index in [2.05, 4.69) is 10.1 Å². The van der Waals surface area contributed by atoms with E-state index in [1.807, 2.05) is 61.5 Å². The molecule has 3 heteroatoms. The van der Waals surface area contributed by atoms with E-state index in [0.29, 0.717) is 12.1 Å². The molecular weight excluding hydrogens is 248 g/mol. The van der Waals surface area contributed by atoms with Gasteiger partial charge in [0.1, 0.15) is 0 Å². The Kier molecular flexibility index (Phi) is 3.25. The lowest BCUT2D eigenvalue weighted by atomic mass is 10.00. The molecule has 1 heterocycles. The Balaban J connectivity index is 2.06. The van der Waals surface area contributed by atoms with Crippen LogP contribution in [0.1, 0.15) is 16.8 Å². The molecule has 3 rings (SSSR count). The van der Waals surface area contributed by atoms with Gasteiger partial charge >= 0.3 is 0 Å². The summed E-state index contributed by atoms with van der Waals surface area (Å²) in [6, 6.07) is 18.1. The number of nitrogens with one attached hydrogen (secondary N) is 1. The van der Waals surface area contributed by atoms with E-state index in [4.69, 9.17) is 0 Å². The van der Waals surface area contributed by atoms with Crippen LogP contribution in [-0.2, 0) is 6.42 Å². The number of benzene rings is 2. The molecular formula is C17H16N2O. The first-order valence-electron chi connectivity index (χ1n) is 6.62. The van der Waals surface area contributed by atoms with Crippen molar-refractivity contribution in [3.63, 3.8) is 0 Å². The maximum Gasteiger partial charge on any atom is 0.0935 e. The molecule has 0 unspecified atom stereocenters. The molecule has 0 bridgehead atoms. The van der Waals surface area contributed by atoms with Crippen molar-refractivity contribution in [1.29, 1.82) is 0 Å². The number of hydrogen-bond acceptors (Lipinski definition) is 2. The van der Waals surface area contributed by atoms with Gasteiger partial charge in [-0.15, -0.1) is 0 Å². The van der Waals surface area contributed by atoms with Crippen LogP contribution in [0.15, 0.2) is 59.8 Å². The summed E-state index contributed by atoms with van der Waals surface area (Å²) in [6.45, 7) is 2.01. The first-order valence-corrected chi connectivity index (χ1v) is 6.62. The topological polar surface area (TPSA) is 48.4 Å². The summed E-state index contributed by atoms with van der Waals surface area (Å²) in [5, 5.41) is 14.0. The van der Waals surface area contributed by atoms with Crippen molar-refractivity contribution in [3.8, 4) is 0 Å². The Morgan fingerprint density at radius 2 is 1.75 bits per heavy atom. The summed E-state index contributed by atoms with van der Waals surface area (Å²) in [7, 11) is 0. The highest BCUT2D eigenvalue weighted by Gasteiger charge is 2.14. The summed E-state index contributed by atoms with van der Waals surface area (Å²) in [6.07, 6.45) is 0.611. The number of H-pyrrole nitrogens is 1. The smallest absolute Gasteiger partial charge is 0.0935 e. The molecule has 0 radical (unpaired) electrons. The van der Waals surface area contributed by atoms with Gasteiger partial charge in [-0.3, -0.25) is 0 Å². The third kappa shape index (κ3) is 2.18. The van der Waals surface area contributed by atoms with E-state index in [1.54, 1.807) is 0 Å². The average Bonchev–Trinajstić information content (AvgIpc) is 2.82. The second kappa shape index (κ2) is 5.21. The van der Waals surface area contributed by atoms with Crippen molar-refractivity contribution in [2.75, 3.05) is 0 Å². The molecule has 2 N–H and O–H groups in total. The number of aromatic nitrogens is 1. The predicted octanol–water partition coefficient (Wildman–Crippen LogP) is 3.90. The van der Waals surface area contributed by atoms with Crippen molar-refractivity contribution in [3.05, 3.63) is 71.4 Å². The Hall–Kier alpha value is -2.55. The van der Waals surface area contributed by atoms with Crippen molar-refractivity contribution < 1.29 is 5.21 Å². The lowest BCUT2D eigenvalue weighted by molar-refractivity contribution is 0.318. The molecule has 20 heavy (non-hydrogen) atoms. The van der Waals surface area contributed by atoms with Crippen LogP contribution in [-0.4, -0.2) is 15.9 Å². The Morgan fingerprint density at radius 1 is 1.05 bits per heavy atom. The standard InChI is InChI=1S/C17H16N2O/c1-12-17(14-9-5-6-10-15(14)18-12)16(19-20)11-13-7-3-2-4-8-13/h2-10,18,20H,11H2,1H3/b19-16-. The number of aryl methyl sites for hydroxylation is 1. The van der Waals surface area contributed by atoms with E-state index in [1.165, 1.54) is 0 Å². The van der Waals surface area contributed by atoms with Crippen LogP contribution in [0.2, 0.25) is 0 Å². The lowest BCUT2D eigenvalue weighted by Crippen LogP contribution is -2.06. The number of fused-ring (bicyclic) bond motifs is 1. The van der Waals surface area contributed by atoms with Crippen molar-refractivity contribution in [2.24, 2.45) is 5.16 Å². The molecule has 0 atom stereocenters. The van der Waals surface area contributed by atoms with Crippen molar-refractivity contribution >= 4 is 16.6 Å². The van der Waals surface area contributed by atoms with Crippen LogP contribution >= 0.6 is 0 Å². The third-order valence-electron chi connectivity index (χ3n) is 3.52. The Bertz CT molecular complexity index is 757. The summed E-state index contributed by atoms with van der Waals surface area (Å²) >= 11 is 0. The van der Waals surface area contributed by atoms with Crippen LogP contribution in [0, 0.1) is 6.92 Å². The molecule has 0 saturated carbocycles. The van der Waals surface area contributed by atoms with Gasteiger partial charge in [0, 0.05) is 28.6 Å². The summed E-state index contributed by atoms with van der Waals surface area (Å²) < 4.78 is 0. The highest BCUT2D eigenvalue weighted by Crippen LogP contribution is 2.23.